The molecule has 0 unspecified atom stereocenters. The zero-order chi connectivity index (χ0) is 31.3. The van der Waals surface area contributed by atoms with Gasteiger partial charge in [-0.2, -0.15) is 0 Å². The molecule has 0 spiro atoms. The third-order valence-electron chi connectivity index (χ3n) is 5.76. The Morgan fingerprint density at radius 3 is 1.64 bits per heavy atom. The normalized spacial score (nSPS) is 11.5. The van der Waals surface area contributed by atoms with Crippen LogP contribution in [0.25, 0.3) is 11.3 Å². The van der Waals surface area contributed by atoms with E-state index in [0.29, 0.717) is 17.7 Å². The van der Waals surface area contributed by atoms with Crippen molar-refractivity contribution < 1.29 is 44.5 Å². The minimum Gasteiger partial charge on any atom is -0.492 e. The van der Waals surface area contributed by atoms with Crippen LogP contribution in [0.5, 0.6) is 5.75 Å². The van der Waals surface area contributed by atoms with E-state index in [2.05, 4.69) is 0 Å². The van der Waals surface area contributed by atoms with Crippen LogP contribution in [-0.2, 0) is 14.4 Å². The van der Waals surface area contributed by atoms with E-state index in [0.717, 1.165) is 23.4 Å². The van der Waals surface area contributed by atoms with E-state index in [1.54, 1.807) is 12.1 Å². The lowest BCUT2D eigenvalue weighted by Crippen LogP contribution is -2.42. The van der Waals surface area contributed by atoms with E-state index in [1.807, 2.05) is 91.8 Å². The summed E-state index contributed by atoms with van der Waals surface area (Å²) < 4.78 is 5.76. The topological polar surface area (TPSA) is 188 Å². The zero-order valence-electron chi connectivity index (χ0n) is 23.0. The number of likely N-dealkylation sites (N-methyl/N-ethyl adjacent to an activating group) is 1. The van der Waals surface area contributed by atoms with E-state index in [1.165, 1.54) is 0 Å². The Hall–Kier alpha value is -5.07. The minimum absolute atomic E-state index is 0.0816. The summed E-state index contributed by atoms with van der Waals surface area (Å²) in [6.45, 7) is 1.40. The van der Waals surface area contributed by atoms with Crippen molar-refractivity contribution in [3.8, 4) is 5.75 Å². The summed E-state index contributed by atoms with van der Waals surface area (Å²) in [6.07, 6.45) is -2.29. The first-order chi connectivity index (χ1) is 19.8. The second-order valence-electron chi connectivity index (χ2n) is 9.37. The van der Waals surface area contributed by atoms with Gasteiger partial charge in [-0.15, -0.1) is 0 Å². The molecule has 222 valence electrons. The Morgan fingerprint density at radius 2 is 1.24 bits per heavy atom. The number of hydrogen-bond acceptors (Lipinski definition) is 8. The summed E-state index contributed by atoms with van der Waals surface area (Å²) in [7, 11) is 3.98. The van der Waals surface area contributed by atoms with Crippen LogP contribution < -0.4 is 4.74 Å². The summed E-state index contributed by atoms with van der Waals surface area (Å²) in [5, 5.41) is 45.9. The van der Waals surface area contributed by atoms with Crippen molar-refractivity contribution in [1.82, 2.24) is 4.90 Å². The standard InChI is InChI=1S/C24H24N2O3.C6H8O7/c1-25(2)17-18-29-22-15-13-20(14-16-22)23(19-9-5-3-6-10-19)24(26(27)28)21-11-7-4-8-12-21;7-3(8)1-6(13,5(11)12)2-4(9)10/h3-16H,17-18H2,1-2H3;13H,1-2H2,(H,7,8)(H,9,10)(H,11,12)/b24-23+;. The highest BCUT2D eigenvalue weighted by Gasteiger charge is 2.40. The number of carboxylic acid groups (broad SMARTS) is 3. The van der Waals surface area contributed by atoms with Crippen LogP contribution >= 0.6 is 0 Å². The van der Waals surface area contributed by atoms with E-state index >= 15 is 0 Å². The van der Waals surface area contributed by atoms with Crippen molar-refractivity contribution in [1.29, 1.82) is 0 Å². The van der Waals surface area contributed by atoms with Crippen molar-refractivity contribution in [2.75, 3.05) is 27.2 Å². The highest BCUT2D eigenvalue weighted by atomic mass is 16.6. The fraction of sp³-hybridized carbons (Fsp3) is 0.233. The minimum atomic E-state index is -2.74. The van der Waals surface area contributed by atoms with Crippen molar-refractivity contribution in [3.05, 3.63) is 112 Å². The Bertz CT molecular complexity index is 1370. The first-order valence-corrected chi connectivity index (χ1v) is 12.6. The first kappa shape index (κ1) is 33.1. The maximum absolute atomic E-state index is 12.1. The smallest absolute Gasteiger partial charge is 0.336 e. The van der Waals surface area contributed by atoms with Gasteiger partial charge in [0.05, 0.1) is 28.9 Å². The molecular weight excluding hydrogens is 548 g/mol. The van der Waals surface area contributed by atoms with Gasteiger partial charge in [-0.05, 0) is 49.5 Å². The molecule has 0 fully saturated rings. The third kappa shape index (κ3) is 10.2. The Kier molecular flexibility index (Phi) is 12.3. The second kappa shape index (κ2) is 15.6. The fourth-order valence-corrected chi connectivity index (χ4v) is 3.76. The molecule has 0 atom stereocenters. The molecule has 0 aliphatic heterocycles. The highest BCUT2D eigenvalue weighted by Crippen LogP contribution is 2.33. The van der Waals surface area contributed by atoms with Crippen LogP contribution in [0.4, 0.5) is 0 Å². The predicted octanol–water partition coefficient (Wildman–Crippen LogP) is 3.57. The van der Waals surface area contributed by atoms with Gasteiger partial charge in [0.1, 0.15) is 12.4 Å². The van der Waals surface area contributed by atoms with E-state index < -0.39 is 36.4 Å². The van der Waals surface area contributed by atoms with Gasteiger partial charge in [-0.1, -0.05) is 60.7 Å². The maximum Gasteiger partial charge on any atom is 0.336 e. The third-order valence-corrected chi connectivity index (χ3v) is 5.76. The number of benzene rings is 3. The summed E-state index contributed by atoms with van der Waals surface area (Å²) in [5.74, 6) is -4.28. The quantitative estimate of drug-likeness (QED) is 0.131. The molecule has 0 aliphatic rings. The van der Waals surface area contributed by atoms with Crippen molar-refractivity contribution in [2.45, 2.75) is 18.4 Å². The molecule has 12 nitrogen and oxygen atoms in total. The average Bonchev–Trinajstić information content (AvgIpc) is 2.92. The largest absolute Gasteiger partial charge is 0.492 e. The number of carboxylic acids is 3. The lowest BCUT2D eigenvalue weighted by atomic mass is 9.93. The first-order valence-electron chi connectivity index (χ1n) is 12.6. The van der Waals surface area contributed by atoms with E-state index in [4.69, 9.17) is 25.2 Å². The number of carbonyl (C=O) groups is 3. The van der Waals surface area contributed by atoms with Crippen LogP contribution in [0.15, 0.2) is 84.9 Å². The molecule has 0 saturated carbocycles. The van der Waals surface area contributed by atoms with Gasteiger partial charge in [0.2, 0.25) is 0 Å². The molecule has 0 bridgehead atoms. The van der Waals surface area contributed by atoms with Gasteiger partial charge in [-0.25, -0.2) is 4.79 Å². The van der Waals surface area contributed by atoms with E-state index in [9.17, 15) is 24.5 Å². The molecule has 0 amide bonds. The molecule has 0 saturated heterocycles. The van der Waals surface area contributed by atoms with Gasteiger partial charge >= 0.3 is 17.9 Å². The molecule has 3 rings (SSSR count). The number of hydrogen-bond donors (Lipinski definition) is 4. The molecule has 0 heterocycles. The lowest BCUT2D eigenvalue weighted by Gasteiger charge is -2.18. The zero-order valence-corrected chi connectivity index (χ0v) is 23.0. The Morgan fingerprint density at radius 1 is 0.786 bits per heavy atom. The summed E-state index contributed by atoms with van der Waals surface area (Å²) in [5.41, 5.74) is 0.0657. The predicted molar refractivity (Wildman–Crippen MR) is 153 cm³/mol. The van der Waals surface area contributed by atoms with Gasteiger partial charge in [-0.3, -0.25) is 19.7 Å². The lowest BCUT2D eigenvalue weighted by molar-refractivity contribution is -0.374. The number of ether oxygens (including phenoxy) is 1. The summed E-state index contributed by atoms with van der Waals surface area (Å²) in [4.78, 5) is 44.3. The molecule has 3 aromatic carbocycles. The molecule has 12 heteroatoms. The highest BCUT2D eigenvalue weighted by molar-refractivity contribution is 5.95. The number of nitro groups is 1. The summed E-state index contributed by atoms with van der Waals surface area (Å²) in [6, 6.07) is 25.9. The molecule has 0 aromatic heterocycles. The van der Waals surface area contributed by atoms with Crippen LogP contribution in [0, 0.1) is 10.1 Å². The van der Waals surface area contributed by atoms with Gasteiger partial charge in [0.15, 0.2) is 5.60 Å². The number of aliphatic hydroxyl groups is 1. The Labute approximate surface area is 241 Å². The molecular formula is C30H32N2O10. The monoisotopic (exact) mass is 580 g/mol. The molecule has 0 radical (unpaired) electrons. The molecule has 0 aliphatic carbocycles. The number of nitrogens with zero attached hydrogens (tertiary/aromatic N) is 2. The van der Waals surface area contributed by atoms with Crippen molar-refractivity contribution in [2.24, 2.45) is 0 Å². The molecule has 42 heavy (non-hydrogen) atoms. The van der Waals surface area contributed by atoms with Crippen LogP contribution in [0.1, 0.15) is 29.5 Å². The SMILES string of the molecule is CN(C)CCOc1ccc(/C(=C(\c2ccccc2)[N+](=O)[O-])c2ccccc2)cc1.O=C(O)CC(O)(CC(=O)O)C(=O)O. The second-order valence-corrected chi connectivity index (χ2v) is 9.37. The average molecular weight is 581 g/mol. The summed E-state index contributed by atoms with van der Waals surface area (Å²) >= 11 is 0. The number of aliphatic carboxylic acids is 3. The van der Waals surface area contributed by atoms with Gasteiger partial charge in [0, 0.05) is 6.54 Å². The molecule has 4 N–H and O–H groups in total. The number of rotatable bonds is 13. The molecule has 3 aromatic rings. The van der Waals surface area contributed by atoms with E-state index in [-0.39, 0.29) is 10.6 Å². The van der Waals surface area contributed by atoms with Crippen LogP contribution in [0.2, 0.25) is 0 Å². The van der Waals surface area contributed by atoms with Crippen molar-refractivity contribution >= 4 is 29.2 Å². The van der Waals surface area contributed by atoms with Crippen LogP contribution in [0.3, 0.4) is 0 Å². The van der Waals surface area contributed by atoms with Gasteiger partial charge < -0.3 is 30.1 Å². The maximum atomic E-state index is 12.1. The van der Waals surface area contributed by atoms with Crippen molar-refractivity contribution in [3.63, 3.8) is 0 Å². The Balaban J connectivity index is 0.000000401. The van der Waals surface area contributed by atoms with Crippen LogP contribution in [-0.4, -0.2) is 81.0 Å². The van der Waals surface area contributed by atoms with Gasteiger partial charge in [0.25, 0.3) is 5.70 Å². The fourth-order valence-electron chi connectivity index (χ4n) is 3.76.